The minimum Gasteiger partial charge on any atom is -0.264 e. The maximum atomic E-state index is 5.22. The third kappa shape index (κ3) is 4.46. The summed E-state index contributed by atoms with van der Waals surface area (Å²) in [6.45, 7) is 4.68. The maximum Gasteiger partial charge on any atom is 0.161 e. The van der Waals surface area contributed by atoms with Gasteiger partial charge in [-0.05, 0) is 79.2 Å². The van der Waals surface area contributed by atoms with Crippen LogP contribution in [0.2, 0.25) is 0 Å². The Bertz CT molecular complexity index is 2460. The standard InChI is InChI=1S/C44H31N3/c1-44(2)39-16-7-6-13-35(39)38-24-31-21-22-34-33(37(31)25-40(38)44)14-8-15-36(34)43-46-41(29-10-4-3-5-11-29)26-42(47-43)30-19-17-28(18-20-30)32-12-9-23-45-27-32/h3-27H,1-2H3. The monoisotopic (exact) mass is 601 g/mol. The van der Waals surface area contributed by atoms with Crippen LogP contribution in [0.3, 0.4) is 0 Å². The van der Waals surface area contributed by atoms with E-state index in [9.17, 15) is 0 Å². The Morgan fingerprint density at radius 2 is 1.15 bits per heavy atom. The summed E-state index contributed by atoms with van der Waals surface area (Å²) < 4.78 is 0. The van der Waals surface area contributed by atoms with Gasteiger partial charge in [-0.1, -0.05) is 129 Å². The number of aromatic nitrogens is 3. The number of pyridine rings is 1. The quantitative estimate of drug-likeness (QED) is 0.188. The van der Waals surface area contributed by atoms with Gasteiger partial charge in [0.05, 0.1) is 11.4 Å². The van der Waals surface area contributed by atoms with E-state index in [-0.39, 0.29) is 5.41 Å². The van der Waals surface area contributed by atoms with Gasteiger partial charge in [0, 0.05) is 34.5 Å². The lowest BCUT2D eigenvalue weighted by atomic mass is 9.81. The van der Waals surface area contributed by atoms with Gasteiger partial charge in [0.15, 0.2) is 5.82 Å². The highest BCUT2D eigenvalue weighted by atomic mass is 14.9. The van der Waals surface area contributed by atoms with Crippen LogP contribution in [0, 0.1) is 0 Å². The van der Waals surface area contributed by atoms with E-state index in [0.717, 1.165) is 50.4 Å². The van der Waals surface area contributed by atoms with Crippen molar-refractivity contribution < 1.29 is 0 Å². The van der Waals surface area contributed by atoms with Crippen molar-refractivity contribution in [3.63, 3.8) is 0 Å². The molecule has 222 valence electrons. The Kier molecular flexibility index (Phi) is 6.16. The molecule has 0 amide bonds. The van der Waals surface area contributed by atoms with E-state index in [2.05, 4.69) is 146 Å². The zero-order valence-corrected chi connectivity index (χ0v) is 26.3. The number of benzene rings is 6. The van der Waals surface area contributed by atoms with Crippen molar-refractivity contribution in [1.29, 1.82) is 0 Å². The molecule has 0 radical (unpaired) electrons. The molecule has 3 heteroatoms. The Hall–Kier alpha value is -5.93. The molecule has 9 rings (SSSR count). The third-order valence-electron chi connectivity index (χ3n) is 9.79. The van der Waals surface area contributed by atoms with Crippen LogP contribution in [0.15, 0.2) is 152 Å². The van der Waals surface area contributed by atoms with Gasteiger partial charge < -0.3 is 0 Å². The molecule has 1 aliphatic rings. The van der Waals surface area contributed by atoms with E-state index in [4.69, 9.17) is 9.97 Å². The zero-order valence-electron chi connectivity index (χ0n) is 26.3. The first kappa shape index (κ1) is 27.4. The summed E-state index contributed by atoms with van der Waals surface area (Å²) in [6.07, 6.45) is 3.69. The first-order chi connectivity index (χ1) is 23.0. The maximum absolute atomic E-state index is 5.22. The molecule has 0 fully saturated rings. The van der Waals surface area contributed by atoms with Crippen LogP contribution in [-0.4, -0.2) is 15.0 Å². The lowest BCUT2D eigenvalue weighted by Gasteiger charge is -2.22. The number of hydrogen-bond donors (Lipinski definition) is 0. The molecular weight excluding hydrogens is 571 g/mol. The van der Waals surface area contributed by atoms with Gasteiger partial charge in [-0.3, -0.25) is 4.98 Å². The van der Waals surface area contributed by atoms with Gasteiger partial charge in [-0.15, -0.1) is 0 Å². The summed E-state index contributed by atoms with van der Waals surface area (Å²) in [7, 11) is 0. The SMILES string of the molecule is CC1(C)c2ccccc2-c2cc3ccc4c(-c5nc(-c6ccccc6)cc(-c6ccc(-c7cccnc7)cc6)n5)cccc4c3cc21. The third-order valence-corrected chi connectivity index (χ3v) is 9.79. The predicted molar refractivity (Wildman–Crippen MR) is 194 cm³/mol. The van der Waals surface area contributed by atoms with Crippen molar-refractivity contribution in [2.24, 2.45) is 0 Å². The van der Waals surface area contributed by atoms with Crippen molar-refractivity contribution in [3.8, 4) is 56.2 Å². The van der Waals surface area contributed by atoms with E-state index < -0.39 is 0 Å². The molecule has 1 aliphatic carbocycles. The molecule has 47 heavy (non-hydrogen) atoms. The highest BCUT2D eigenvalue weighted by Crippen LogP contribution is 2.50. The molecule has 2 heterocycles. The number of nitrogens with zero attached hydrogens (tertiary/aromatic N) is 3. The molecule has 0 atom stereocenters. The van der Waals surface area contributed by atoms with Crippen molar-refractivity contribution in [1.82, 2.24) is 15.0 Å². The van der Waals surface area contributed by atoms with Crippen LogP contribution in [0.5, 0.6) is 0 Å². The average molecular weight is 602 g/mol. The topological polar surface area (TPSA) is 38.7 Å². The highest BCUT2D eigenvalue weighted by Gasteiger charge is 2.35. The molecular formula is C44H31N3. The van der Waals surface area contributed by atoms with Crippen LogP contribution in [-0.2, 0) is 5.41 Å². The first-order valence-corrected chi connectivity index (χ1v) is 16.1. The van der Waals surface area contributed by atoms with Gasteiger partial charge in [0.1, 0.15) is 0 Å². The van der Waals surface area contributed by atoms with Crippen molar-refractivity contribution >= 4 is 21.5 Å². The minimum absolute atomic E-state index is 0.0610. The van der Waals surface area contributed by atoms with Crippen LogP contribution in [0.1, 0.15) is 25.0 Å². The molecule has 0 aliphatic heterocycles. The molecule has 0 saturated carbocycles. The zero-order chi connectivity index (χ0) is 31.5. The van der Waals surface area contributed by atoms with E-state index in [1.54, 1.807) is 6.20 Å². The van der Waals surface area contributed by atoms with Gasteiger partial charge in [0.2, 0.25) is 0 Å². The van der Waals surface area contributed by atoms with Gasteiger partial charge in [-0.2, -0.15) is 0 Å². The lowest BCUT2D eigenvalue weighted by Crippen LogP contribution is -2.14. The predicted octanol–water partition coefficient (Wildman–Crippen LogP) is 11.2. The van der Waals surface area contributed by atoms with E-state index in [1.165, 1.54) is 38.4 Å². The van der Waals surface area contributed by atoms with E-state index >= 15 is 0 Å². The van der Waals surface area contributed by atoms with E-state index in [0.29, 0.717) is 0 Å². The molecule has 0 N–H and O–H groups in total. The summed E-state index contributed by atoms with van der Waals surface area (Å²) in [5.41, 5.74) is 12.5. The first-order valence-electron chi connectivity index (χ1n) is 16.1. The Morgan fingerprint density at radius 1 is 0.447 bits per heavy atom. The van der Waals surface area contributed by atoms with Crippen LogP contribution in [0.25, 0.3) is 77.7 Å². The normalized spacial score (nSPS) is 13.1. The fraction of sp³-hybridized carbons (Fsp3) is 0.0682. The summed E-state index contributed by atoms with van der Waals surface area (Å²) >= 11 is 0. The van der Waals surface area contributed by atoms with Gasteiger partial charge in [0.25, 0.3) is 0 Å². The molecule has 0 spiro atoms. The molecule has 0 bridgehead atoms. The van der Waals surface area contributed by atoms with Crippen LogP contribution >= 0.6 is 0 Å². The van der Waals surface area contributed by atoms with Crippen LogP contribution < -0.4 is 0 Å². The Labute approximate surface area is 274 Å². The molecule has 0 saturated heterocycles. The van der Waals surface area contributed by atoms with Gasteiger partial charge in [-0.25, -0.2) is 9.97 Å². The van der Waals surface area contributed by atoms with Crippen molar-refractivity contribution in [2.45, 2.75) is 19.3 Å². The van der Waals surface area contributed by atoms with Crippen molar-refractivity contribution in [2.75, 3.05) is 0 Å². The van der Waals surface area contributed by atoms with E-state index in [1.807, 2.05) is 18.3 Å². The largest absolute Gasteiger partial charge is 0.264 e. The molecule has 0 unspecified atom stereocenters. The molecule has 8 aromatic rings. The second-order valence-corrected chi connectivity index (χ2v) is 12.9. The molecule has 6 aromatic carbocycles. The Balaban J connectivity index is 1.22. The number of rotatable bonds is 4. The minimum atomic E-state index is -0.0610. The Morgan fingerprint density at radius 3 is 1.94 bits per heavy atom. The summed E-state index contributed by atoms with van der Waals surface area (Å²) in [6, 6.07) is 49.7. The number of hydrogen-bond acceptors (Lipinski definition) is 3. The lowest BCUT2D eigenvalue weighted by molar-refractivity contribution is 0.661. The second-order valence-electron chi connectivity index (χ2n) is 12.9. The highest BCUT2D eigenvalue weighted by molar-refractivity contribution is 6.13. The molecule has 2 aromatic heterocycles. The second kappa shape index (κ2) is 10.6. The fourth-order valence-electron chi connectivity index (χ4n) is 7.32. The summed E-state index contributed by atoms with van der Waals surface area (Å²) in [5, 5.41) is 4.87. The smallest absolute Gasteiger partial charge is 0.161 e. The summed E-state index contributed by atoms with van der Waals surface area (Å²) in [4.78, 5) is 14.7. The van der Waals surface area contributed by atoms with Crippen LogP contribution in [0.4, 0.5) is 0 Å². The van der Waals surface area contributed by atoms with Gasteiger partial charge >= 0.3 is 0 Å². The molecule has 3 nitrogen and oxygen atoms in total. The summed E-state index contributed by atoms with van der Waals surface area (Å²) in [5.74, 6) is 0.719. The fourth-order valence-corrected chi connectivity index (χ4v) is 7.32. The number of fused-ring (bicyclic) bond motifs is 6. The average Bonchev–Trinajstić information content (AvgIpc) is 3.36. The van der Waals surface area contributed by atoms with Crippen molar-refractivity contribution in [3.05, 3.63) is 163 Å².